The van der Waals surface area contributed by atoms with Crippen LogP contribution in [0.15, 0.2) is 24.3 Å². The lowest BCUT2D eigenvalue weighted by Gasteiger charge is -2.33. The summed E-state index contributed by atoms with van der Waals surface area (Å²) in [6.07, 6.45) is 2.65. The summed E-state index contributed by atoms with van der Waals surface area (Å²) in [5.74, 6) is 0.876. The molecule has 1 aliphatic heterocycles. The van der Waals surface area contributed by atoms with Crippen LogP contribution in [0, 0.1) is 5.92 Å². The van der Waals surface area contributed by atoms with E-state index in [1.54, 1.807) is 0 Å². The first kappa shape index (κ1) is 13.9. The molecule has 1 aromatic carbocycles. The molecule has 2 rings (SSSR count). The number of hydrogen-bond donors (Lipinski definition) is 0. The maximum Gasteiger partial charge on any atom is 0.0406 e. The molecule has 0 bridgehead atoms. The third-order valence-electron chi connectivity index (χ3n) is 3.65. The van der Waals surface area contributed by atoms with Gasteiger partial charge in [-0.2, -0.15) is 0 Å². The number of hydrogen-bond acceptors (Lipinski definition) is 2. The van der Waals surface area contributed by atoms with Gasteiger partial charge in [0, 0.05) is 18.1 Å². The standard InChI is InChI=1S/C15H23ClN2/c1-17(2)11-14-7-9-18(10-8-14)12-13-3-5-15(16)6-4-13/h3-6,14H,7-12H2,1-2H3. The van der Waals surface area contributed by atoms with Crippen LogP contribution in [0.5, 0.6) is 0 Å². The monoisotopic (exact) mass is 266 g/mol. The maximum absolute atomic E-state index is 5.90. The third kappa shape index (κ3) is 4.27. The van der Waals surface area contributed by atoms with Crippen molar-refractivity contribution in [2.45, 2.75) is 19.4 Å². The van der Waals surface area contributed by atoms with Crippen molar-refractivity contribution in [3.8, 4) is 0 Å². The molecule has 0 radical (unpaired) electrons. The highest BCUT2D eigenvalue weighted by atomic mass is 35.5. The average molecular weight is 267 g/mol. The SMILES string of the molecule is CN(C)CC1CCN(Cc2ccc(Cl)cc2)CC1. The first-order valence-corrected chi connectivity index (χ1v) is 7.13. The molecule has 0 saturated carbocycles. The van der Waals surface area contributed by atoms with Gasteiger partial charge in [-0.15, -0.1) is 0 Å². The minimum absolute atomic E-state index is 0.823. The molecule has 1 saturated heterocycles. The van der Waals surface area contributed by atoms with Crippen molar-refractivity contribution in [2.75, 3.05) is 33.7 Å². The van der Waals surface area contributed by atoms with E-state index >= 15 is 0 Å². The highest BCUT2D eigenvalue weighted by molar-refractivity contribution is 6.30. The molecule has 0 spiro atoms. The Balaban J connectivity index is 1.78. The molecule has 1 aliphatic rings. The normalized spacial score (nSPS) is 18.4. The lowest BCUT2D eigenvalue weighted by atomic mass is 9.96. The maximum atomic E-state index is 5.90. The Morgan fingerprint density at radius 3 is 2.33 bits per heavy atom. The summed E-state index contributed by atoms with van der Waals surface area (Å²) in [7, 11) is 4.33. The number of nitrogens with zero attached hydrogens (tertiary/aromatic N) is 2. The van der Waals surface area contributed by atoms with Crippen LogP contribution in [0.1, 0.15) is 18.4 Å². The van der Waals surface area contributed by atoms with E-state index in [1.165, 1.54) is 38.0 Å². The molecule has 1 heterocycles. The second-order valence-electron chi connectivity index (χ2n) is 5.61. The van der Waals surface area contributed by atoms with E-state index in [2.05, 4.69) is 36.0 Å². The highest BCUT2D eigenvalue weighted by Crippen LogP contribution is 2.20. The fourth-order valence-corrected chi connectivity index (χ4v) is 2.82. The van der Waals surface area contributed by atoms with Gasteiger partial charge in [0.15, 0.2) is 0 Å². The van der Waals surface area contributed by atoms with Crippen molar-refractivity contribution in [3.05, 3.63) is 34.9 Å². The van der Waals surface area contributed by atoms with Gasteiger partial charge in [-0.25, -0.2) is 0 Å². The van der Waals surface area contributed by atoms with E-state index in [0.717, 1.165) is 17.5 Å². The molecule has 0 amide bonds. The Kier molecular flexibility index (Phi) is 5.04. The van der Waals surface area contributed by atoms with Gasteiger partial charge in [0.1, 0.15) is 0 Å². The Hall–Kier alpha value is -0.570. The predicted octanol–water partition coefficient (Wildman–Crippen LogP) is 3.11. The zero-order valence-corrected chi connectivity index (χ0v) is 12.2. The lowest BCUT2D eigenvalue weighted by Crippen LogP contribution is -2.36. The van der Waals surface area contributed by atoms with Crippen LogP contribution in [0.3, 0.4) is 0 Å². The summed E-state index contributed by atoms with van der Waals surface area (Å²) >= 11 is 5.90. The van der Waals surface area contributed by atoms with Gasteiger partial charge in [-0.05, 0) is 63.6 Å². The van der Waals surface area contributed by atoms with Crippen LogP contribution in [0.25, 0.3) is 0 Å². The lowest BCUT2D eigenvalue weighted by molar-refractivity contribution is 0.157. The quantitative estimate of drug-likeness (QED) is 0.826. The molecule has 0 unspecified atom stereocenters. The van der Waals surface area contributed by atoms with Gasteiger partial charge < -0.3 is 4.90 Å². The van der Waals surface area contributed by atoms with Crippen LogP contribution in [-0.2, 0) is 6.54 Å². The molecule has 1 aromatic rings. The minimum Gasteiger partial charge on any atom is -0.309 e. The zero-order chi connectivity index (χ0) is 13.0. The fourth-order valence-electron chi connectivity index (χ4n) is 2.69. The number of halogens is 1. The molecule has 100 valence electrons. The van der Waals surface area contributed by atoms with E-state index in [-0.39, 0.29) is 0 Å². The number of benzene rings is 1. The second kappa shape index (κ2) is 6.55. The number of rotatable bonds is 4. The first-order valence-electron chi connectivity index (χ1n) is 6.75. The first-order chi connectivity index (χ1) is 8.63. The summed E-state index contributed by atoms with van der Waals surface area (Å²) in [6.45, 7) is 4.74. The van der Waals surface area contributed by atoms with E-state index in [9.17, 15) is 0 Å². The largest absolute Gasteiger partial charge is 0.309 e. The van der Waals surface area contributed by atoms with Crippen LogP contribution in [0.2, 0.25) is 5.02 Å². The molecule has 3 heteroatoms. The Bertz CT molecular complexity index is 353. The summed E-state index contributed by atoms with van der Waals surface area (Å²) in [5.41, 5.74) is 1.37. The van der Waals surface area contributed by atoms with E-state index in [1.807, 2.05) is 12.1 Å². The summed E-state index contributed by atoms with van der Waals surface area (Å²) in [6, 6.07) is 8.23. The van der Waals surface area contributed by atoms with Crippen LogP contribution < -0.4 is 0 Å². The van der Waals surface area contributed by atoms with E-state index in [0.29, 0.717) is 0 Å². The molecule has 0 atom stereocenters. The van der Waals surface area contributed by atoms with Gasteiger partial charge in [-0.3, -0.25) is 4.90 Å². The van der Waals surface area contributed by atoms with E-state index < -0.39 is 0 Å². The van der Waals surface area contributed by atoms with Crippen molar-refractivity contribution in [2.24, 2.45) is 5.92 Å². The molecule has 1 fully saturated rings. The zero-order valence-electron chi connectivity index (χ0n) is 11.4. The Morgan fingerprint density at radius 2 is 1.78 bits per heavy atom. The van der Waals surface area contributed by atoms with Crippen molar-refractivity contribution in [1.29, 1.82) is 0 Å². The van der Waals surface area contributed by atoms with E-state index in [4.69, 9.17) is 11.6 Å². The van der Waals surface area contributed by atoms with Crippen molar-refractivity contribution in [1.82, 2.24) is 9.80 Å². The molecular formula is C15H23ClN2. The van der Waals surface area contributed by atoms with Crippen LogP contribution in [0.4, 0.5) is 0 Å². The minimum atomic E-state index is 0.823. The van der Waals surface area contributed by atoms with Gasteiger partial charge in [-0.1, -0.05) is 23.7 Å². The smallest absolute Gasteiger partial charge is 0.0406 e. The van der Waals surface area contributed by atoms with Gasteiger partial charge in [0.25, 0.3) is 0 Å². The topological polar surface area (TPSA) is 6.48 Å². The molecule has 0 aromatic heterocycles. The molecule has 0 N–H and O–H groups in total. The second-order valence-corrected chi connectivity index (χ2v) is 6.04. The van der Waals surface area contributed by atoms with Crippen LogP contribution >= 0.6 is 11.6 Å². The number of piperidine rings is 1. The average Bonchev–Trinajstić information content (AvgIpc) is 2.34. The van der Waals surface area contributed by atoms with Crippen molar-refractivity contribution < 1.29 is 0 Å². The van der Waals surface area contributed by atoms with Crippen molar-refractivity contribution in [3.63, 3.8) is 0 Å². The summed E-state index contributed by atoms with van der Waals surface area (Å²) < 4.78 is 0. The van der Waals surface area contributed by atoms with Gasteiger partial charge >= 0.3 is 0 Å². The highest BCUT2D eigenvalue weighted by Gasteiger charge is 2.19. The Morgan fingerprint density at radius 1 is 1.17 bits per heavy atom. The molecular weight excluding hydrogens is 244 g/mol. The predicted molar refractivity (Wildman–Crippen MR) is 78.0 cm³/mol. The number of likely N-dealkylation sites (tertiary alicyclic amines) is 1. The summed E-state index contributed by atoms with van der Waals surface area (Å²) in [4.78, 5) is 4.86. The molecule has 0 aliphatic carbocycles. The van der Waals surface area contributed by atoms with Crippen LogP contribution in [-0.4, -0.2) is 43.5 Å². The molecule has 18 heavy (non-hydrogen) atoms. The Labute approximate surface area is 116 Å². The van der Waals surface area contributed by atoms with Gasteiger partial charge in [0.2, 0.25) is 0 Å². The third-order valence-corrected chi connectivity index (χ3v) is 3.90. The van der Waals surface area contributed by atoms with Gasteiger partial charge in [0.05, 0.1) is 0 Å². The van der Waals surface area contributed by atoms with Crippen molar-refractivity contribution >= 4 is 11.6 Å². The summed E-state index contributed by atoms with van der Waals surface area (Å²) in [5, 5.41) is 0.823. The fraction of sp³-hybridized carbons (Fsp3) is 0.600. The molecule has 2 nitrogen and oxygen atoms in total.